The third kappa shape index (κ3) is 4.51. The number of rotatable bonds is 5. The van der Waals surface area contributed by atoms with Gasteiger partial charge < -0.3 is 15.0 Å². The van der Waals surface area contributed by atoms with E-state index in [2.05, 4.69) is 27.9 Å². The van der Waals surface area contributed by atoms with Crippen LogP contribution in [0.15, 0.2) is 18.2 Å². The van der Waals surface area contributed by atoms with Crippen LogP contribution < -0.4 is 10.1 Å². The Hall–Kier alpha value is -0.820. The molecule has 4 nitrogen and oxygen atoms in total. The van der Waals surface area contributed by atoms with Gasteiger partial charge in [0.05, 0.1) is 12.7 Å². The van der Waals surface area contributed by atoms with Gasteiger partial charge in [0.15, 0.2) is 0 Å². The lowest BCUT2D eigenvalue weighted by Gasteiger charge is -2.11. The maximum atomic E-state index is 11.9. The second-order valence-corrected chi connectivity index (χ2v) is 5.07. The summed E-state index contributed by atoms with van der Waals surface area (Å²) in [5.74, 6) is 0.637. The van der Waals surface area contributed by atoms with E-state index in [4.69, 9.17) is 4.74 Å². The van der Waals surface area contributed by atoms with Crippen LogP contribution in [-0.2, 0) is 0 Å². The minimum atomic E-state index is -0.0600. The van der Waals surface area contributed by atoms with Crippen molar-refractivity contribution in [1.82, 2.24) is 10.2 Å². The Kier molecular flexibility index (Phi) is 5.70. The van der Waals surface area contributed by atoms with Gasteiger partial charge in [-0.15, -0.1) is 0 Å². The predicted molar refractivity (Wildman–Crippen MR) is 76.6 cm³/mol. The largest absolute Gasteiger partial charge is 0.497 e. The topological polar surface area (TPSA) is 41.6 Å². The molecule has 1 aromatic rings. The molecule has 0 saturated carbocycles. The van der Waals surface area contributed by atoms with Crippen LogP contribution in [0, 0.1) is 3.57 Å². The normalized spacial score (nSPS) is 10.4. The van der Waals surface area contributed by atoms with Crippen molar-refractivity contribution >= 4 is 28.5 Å². The molecule has 0 spiro atoms. The quantitative estimate of drug-likeness (QED) is 0.822. The summed E-state index contributed by atoms with van der Waals surface area (Å²) in [6.45, 7) is 1.46. The number of carbonyl (C=O) groups excluding carboxylic acids is 1. The van der Waals surface area contributed by atoms with Crippen molar-refractivity contribution in [2.45, 2.75) is 0 Å². The van der Waals surface area contributed by atoms with Gasteiger partial charge in [-0.05, 0) is 54.9 Å². The van der Waals surface area contributed by atoms with E-state index in [1.165, 1.54) is 0 Å². The monoisotopic (exact) mass is 348 g/mol. The molecule has 0 bridgehead atoms. The second kappa shape index (κ2) is 6.80. The molecule has 5 heteroatoms. The maximum absolute atomic E-state index is 11.9. The highest BCUT2D eigenvalue weighted by Crippen LogP contribution is 2.19. The van der Waals surface area contributed by atoms with E-state index in [9.17, 15) is 4.79 Å². The number of benzene rings is 1. The van der Waals surface area contributed by atoms with Crippen LogP contribution in [0.4, 0.5) is 0 Å². The lowest BCUT2D eigenvalue weighted by molar-refractivity contribution is 0.0950. The van der Waals surface area contributed by atoms with E-state index in [0.717, 1.165) is 10.1 Å². The first kappa shape index (κ1) is 14.2. The van der Waals surface area contributed by atoms with Crippen molar-refractivity contribution in [3.05, 3.63) is 27.3 Å². The number of hydrogen-bond acceptors (Lipinski definition) is 3. The van der Waals surface area contributed by atoms with Crippen molar-refractivity contribution in [3.63, 3.8) is 0 Å². The molecule has 0 aromatic heterocycles. The fraction of sp³-hybridized carbons (Fsp3) is 0.417. The number of carbonyl (C=O) groups is 1. The van der Waals surface area contributed by atoms with E-state index >= 15 is 0 Å². The van der Waals surface area contributed by atoms with Gasteiger partial charge in [-0.25, -0.2) is 0 Å². The SMILES string of the molecule is COc1ccc(I)c(C(=O)NCCN(C)C)c1. The fourth-order valence-electron chi connectivity index (χ4n) is 1.29. The molecule has 0 aliphatic rings. The minimum Gasteiger partial charge on any atom is -0.497 e. The molecule has 17 heavy (non-hydrogen) atoms. The van der Waals surface area contributed by atoms with Crippen LogP contribution in [0.2, 0.25) is 0 Å². The number of likely N-dealkylation sites (N-methyl/N-ethyl adjacent to an activating group) is 1. The van der Waals surface area contributed by atoms with Gasteiger partial charge in [0.2, 0.25) is 0 Å². The van der Waals surface area contributed by atoms with Gasteiger partial charge in [-0.1, -0.05) is 0 Å². The Morgan fingerprint density at radius 1 is 1.47 bits per heavy atom. The van der Waals surface area contributed by atoms with Crippen molar-refractivity contribution in [1.29, 1.82) is 0 Å². The molecule has 0 heterocycles. The summed E-state index contributed by atoms with van der Waals surface area (Å²) in [7, 11) is 5.54. The average molecular weight is 348 g/mol. The second-order valence-electron chi connectivity index (χ2n) is 3.90. The molecule has 0 aliphatic heterocycles. The molecule has 0 aliphatic carbocycles. The van der Waals surface area contributed by atoms with E-state index in [1.54, 1.807) is 13.2 Å². The molecule has 0 radical (unpaired) electrons. The zero-order valence-electron chi connectivity index (χ0n) is 10.3. The molecule has 1 aromatic carbocycles. The number of methoxy groups -OCH3 is 1. The summed E-state index contributed by atoms with van der Waals surface area (Å²) in [5.41, 5.74) is 0.656. The van der Waals surface area contributed by atoms with Crippen molar-refractivity contribution in [2.75, 3.05) is 34.3 Å². The zero-order valence-corrected chi connectivity index (χ0v) is 12.4. The van der Waals surface area contributed by atoms with Crippen LogP contribution in [0.5, 0.6) is 5.75 Å². The number of hydrogen-bond donors (Lipinski definition) is 1. The van der Waals surface area contributed by atoms with Gasteiger partial charge >= 0.3 is 0 Å². The molecular weight excluding hydrogens is 331 g/mol. The summed E-state index contributed by atoms with van der Waals surface area (Å²) in [5, 5.41) is 2.88. The van der Waals surface area contributed by atoms with Crippen LogP contribution in [-0.4, -0.2) is 45.1 Å². The lowest BCUT2D eigenvalue weighted by Crippen LogP contribution is -2.31. The Balaban J connectivity index is 2.67. The molecule has 0 saturated heterocycles. The maximum Gasteiger partial charge on any atom is 0.252 e. The average Bonchev–Trinajstić information content (AvgIpc) is 2.29. The van der Waals surface area contributed by atoms with Gasteiger partial charge in [-0.3, -0.25) is 4.79 Å². The fourth-order valence-corrected chi connectivity index (χ4v) is 1.87. The number of amides is 1. The highest BCUT2D eigenvalue weighted by molar-refractivity contribution is 14.1. The Bertz CT molecular complexity index is 394. The van der Waals surface area contributed by atoms with Crippen molar-refractivity contribution in [3.8, 4) is 5.75 Å². The number of halogens is 1. The summed E-state index contributed by atoms with van der Waals surface area (Å²) in [6, 6.07) is 5.48. The molecule has 0 atom stereocenters. The molecule has 1 rings (SSSR count). The third-order valence-electron chi connectivity index (χ3n) is 2.26. The first-order valence-electron chi connectivity index (χ1n) is 5.31. The predicted octanol–water partition coefficient (Wildman–Crippen LogP) is 1.59. The first-order chi connectivity index (χ1) is 8.04. The first-order valence-corrected chi connectivity index (χ1v) is 6.39. The van der Waals surface area contributed by atoms with E-state index in [-0.39, 0.29) is 5.91 Å². The summed E-state index contributed by atoms with van der Waals surface area (Å²) < 4.78 is 6.03. The summed E-state index contributed by atoms with van der Waals surface area (Å²) in [4.78, 5) is 13.9. The molecule has 0 fully saturated rings. The van der Waals surface area contributed by atoms with Crippen LogP contribution in [0.3, 0.4) is 0 Å². The van der Waals surface area contributed by atoms with Crippen LogP contribution in [0.1, 0.15) is 10.4 Å². The lowest BCUT2D eigenvalue weighted by atomic mass is 10.2. The van der Waals surface area contributed by atoms with Gasteiger partial charge in [0, 0.05) is 16.7 Å². The Morgan fingerprint density at radius 3 is 2.76 bits per heavy atom. The third-order valence-corrected chi connectivity index (χ3v) is 3.20. The number of nitrogens with one attached hydrogen (secondary N) is 1. The van der Waals surface area contributed by atoms with Crippen LogP contribution in [0.25, 0.3) is 0 Å². The van der Waals surface area contributed by atoms with E-state index in [0.29, 0.717) is 17.9 Å². The molecular formula is C12H17IN2O2. The van der Waals surface area contributed by atoms with Gasteiger partial charge in [-0.2, -0.15) is 0 Å². The minimum absolute atomic E-state index is 0.0600. The van der Waals surface area contributed by atoms with Gasteiger partial charge in [0.1, 0.15) is 5.75 Å². The summed E-state index contributed by atoms with van der Waals surface area (Å²) in [6.07, 6.45) is 0. The highest BCUT2D eigenvalue weighted by Gasteiger charge is 2.10. The highest BCUT2D eigenvalue weighted by atomic mass is 127. The van der Waals surface area contributed by atoms with Crippen molar-refractivity contribution in [2.24, 2.45) is 0 Å². The zero-order chi connectivity index (χ0) is 12.8. The Labute approximate surface area is 115 Å². The van der Waals surface area contributed by atoms with E-state index in [1.807, 2.05) is 31.1 Å². The molecule has 94 valence electrons. The van der Waals surface area contributed by atoms with E-state index < -0.39 is 0 Å². The molecule has 0 unspecified atom stereocenters. The van der Waals surface area contributed by atoms with Crippen LogP contribution >= 0.6 is 22.6 Å². The Morgan fingerprint density at radius 2 is 2.18 bits per heavy atom. The smallest absolute Gasteiger partial charge is 0.252 e. The summed E-state index contributed by atoms with van der Waals surface area (Å²) >= 11 is 2.15. The number of ether oxygens (including phenoxy) is 1. The standard InChI is InChI=1S/C12H17IN2O2/c1-15(2)7-6-14-12(16)10-8-9(17-3)4-5-11(10)13/h4-5,8H,6-7H2,1-3H3,(H,14,16). The number of nitrogens with zero attached hydrogens (tertiary/aromatic N) is 1. The molecule has 1 amide bonds. The van der Waals surface area contributed by atoms with Crippen molar-refractivity contribution < 1.29 is 9.53 Å². The molecule has 1 N–H and O–H groups in total. The van der Waals surface area contributed by atoms with Gasteiger partial charge in [0.25, 0.3) is 5.91 Å².